The molecule has 0 amide bonds. The number of rotatable bonds is 8. The molecule has 1 aromatic rings. The Bertz CT molecular complexity index is 403. The highest BCUT2D eigenvalue weighted by molar-refractivity contribution is 7.88. The maximum atomic E-state index is 11.7. The van der Waals surface area contributed by atoms with E-state index in [-0.39, 0.29) is 5.75 Å². The number of unbranched alkanes of at least 4 members (excludes halogenated alkanes) is 1. The number of benzene rings is 1. The number of hydrogen-bond acceptors (Lipinski definition) is 3. The Hall–Kier alpha value is -0.910. The first-order valence-corrected chi connectivity index (χ1v) is 7.29. The molecule has 1 rings (SSSR count). The van der Waals surface area contributed by atoms with Crippen LogP contribution in [0.3, 0.4) is 0 Å². The Labute approximate surface area is 103 Å². The van der Waals surface area contributed by atoms with Gasteiger partial charge in [0.1, 0.15) is 0 Å². The molecule has 1 N–H and O–H groups in total. The zero-order valence-electron chi connectivity index (χ0n) is 10.1. The van der Waals surface area contributed by atoms with Crippen molar-refractivity contribution in [3.05, 3.63) is 35.9 Å². The Morgan fingerprint density at radius 2 is 1.88 bits per heavy atom. The highest BCUT2D eigenvalue weighted by atomic mass is 32.2. The van der Waals surface area contributed by atoms with Gasteiger partial charge in [-0.15, -0.1) is 0 Å². The molecule has 1 aromatic carbocycles. The summed E-state index contributed by atoms with van der Waals surface area (Å²) in [6, 6.07) is 9.16. The molecule has 0 bridgehead atoms. The molecule has 0 radical (unpaired) electrons. The smallest absolute Gasteiger partial charge is 0.215 e. The van der Waals surface area contributed by atoms with Gasteiger partial charge in [0.2, 0.25) is 10.0 Å². The minimum atomic E-state index is -3.21. The molecule has 17 heavy (non-hydrogen) atoms. The average Bonchev–Trinajstić information content (AvgIpc) is 2.29. The van der Waals surface area contributed by atoms with E-state index >= 15 is 0 Å². The van der Waals surface area contributed by atoms with E-state index in [0.29, 0.717) is 13.2 Å². The Balaban J connectivity index is 2.32. The fourth-order valence-corrected chi connectivity index (χ4v) is 2.63. The maximum absolute atomic E-state index is 11.7. The molecule has 0 aromatic heterocycles. The molecular weight excluding hydrogens is 238 g/mol. The van der Waals surface area contributed by atoms with Crippen molar-refractivity contribution in [2.75, 3.05) is 20.3 Å². The number of ether oxygens (including phenoxy) is 1. The van der Waals surface area contributed by atoms with Crippen molar-refractivity contribution < 1.29 is 13.2 Å². The summed E-state index contributed by atoms with van der Waals surface area (Å²) in [4.78, 5) is 0. The van der Waals surface area contributed by atoms with Crippen LogP contribution in [0.1, 0.15) is 18.4 Å². The minimum Gasteiger partial charge on any atom is -0.385 e. The van der Waals surface area contributed by atoms with E-state index in [1.807, 2.05) is 30.3 Å². The van der Waals surface area contributed by atoms with Gasteiger partial charge < -0.3 is 4.74 Å². The van der Waals surface area contributed by atoms with Gasteiger partial charge >= 0.3 is 0 Å². The van der Waals surface area contributed by atoms with Crippen LogP contribution >= 0.6 is 0 Å². The molecule has 0 spiro atoms. The molecule has 0 atom stereocenters. The quantitative estimate of drug-likeness (QED) is 0.719. The van der Waals surface area contributed by atoms with E-state index in [4.69, 9.17) is 4.74 Å². The van der Waals surface area contributed by atoms with Crippen molar-refractivity contribution in [3.63, 3.8) is 0 Å². The van der Waals surface area contributed by atoms with E-state index in [1.165, 1.54) is 0 Å². The zero-order valence-corrected chi connectivity index (χ0v) is 10.9. The lowest BCUT2D eigenvalue weighted by molar-refractivity contribution is 0.193. The third-order valence-corrected chi connectivity index (χ3v) is 3.65. The standard InChI is InChI=1S/C12H19NO3S/c1-16-10-6-5-9-13-17(14,15)11-12-7-3-2-4-8-12/h2-4,7-8,13H,5-6,9-11H2,1H3. The van der Waals surface area contributed by atoms with Gasteiger partial charge in [-0.05, 0) is 18.4 Å². The van der Waals surface area contributed by atoms with Gasteiger partial charge in [-0.25, -0.2) is 13.1 Å². The first-order chi connectivity index (χ1) is 8.14. The summed E-state index contributed by atoms with van der Waals surface area (Å²) in [6.07, 6.45) is 1.66. The number of nitrogens with one attached hydrogen (secondary N) is 1. The summed E-state index contributed by atoms with van der Waals surface area (Å²) in [5, 5.41) is 0. The van der Waals surface area contributed by atoms with E-state index in [1.54, 1.807) is 7.11 Å². The maximum Gasteiger partial charge on any atom is 0.215 e. The van der Waals surface area contributed by atoms with E-state index in [0.717, 1.165) is 18.4 Å². The predicted molar refractivity (Wildman–Crippen MR) is 68.2 cm³/mol. The number of methoxy groups -OCH3 is 1. The molecule has 0 aliphatic carbocycles. The van der Waals surface area contributed by atoms with Crippen LogP contribution < -0.4 is 4.72 Å². The van der Waals surface area contributed by atoms with Crippen molar-refractivity contribution in [1.82, 2.24) is 4.72 Å². The second-order valence-corrected chi connectivity index (χ2v) is 5.65. The van der Waals surface area contributed by atoms with Crippen LogP contribution in [0.4, 0.5) is 0 Å². The summed E-state index contributed by atoms with van der Waals surface area (Å²) in [5.74, 6) is 0.0398. The normalized spacial score (nSPS) is 11.6. The summed E-state index contributed by atoms with van der Waals surface area (Å²) >= 11 is 0. The predicted octanol–water partition coefficient (Wildman–Crippen LogP) is 1.53. The van der Waals surface area contributed by atoms with Crippen LogP contribution in [0.5, 0.6) is 0 Å². The molecule has 0 unspecified atom stereocenters. The molecule has 0 aliphatic heterocycles. The Morgan fingerprint density at radius 1 is 1.18 bits per heavy atom. The fraction of sp³-hybridized carbons (Fsp3) is 0.500. The Kier molecular flexibility index (Phi) is 6.18. The molecule has 0 aliphatic rings. The van der Waals surface area contributed by atoms with Gasteiger partial charge in [-0.3, -0.25) is 0 Å². The van der Waals surface area contributed by atoms with Crippen LogP contribution in [0.25, 0.3) is 0 Å². The molecule has 0 fully saturated rings. The summed E-state index contributed by atoms with van der Waals surface area (Å²) in [7, 11) is -1.57. The van der Waals surface area contributed by atoms with Crippen LogP contribution in [-0.4, -0.2) is 28.7 Å². The molecular formula is C12H19NO3S. The topological polar surface area (TPSA) is 55.4 Å². The Morgan fingerprint density at radius 3 is 2.53 bits per heavy atom. The average molecular weight is 257 g/mol. The lowest BCUT2D eigenvalue weighted by Gasteiger charge is -2.06. The molecule has 5 heteroatoms. The van der Waals surface area contributed by atoms with E-state index in [9.17, 15) is 8.42 Å². The van der Waals surface area contributed by atoms with Gasteiger partial charge in [-0.1, -0.05) is 30.3 Å². The van der Waals surface area contributed by atoms with Crippen molar-refractivity contribution >= 4 is 10.0 Å². The summed E-state index contributed by atoms with van der Waals surface area (Å²) in [6.45, 7) is 1.14. The number of hydrogen-bond donors (Lipinski definition) is 1. The molecule has 96 valence electrons. The van der Waals surface area contributed by atoms with Gasteiger partial charge in [0.05, 0.1) is 5.75 Å². The van der Waals surface area contributed by atoms with Gasteiger partial charge in [0.15, 0.2) is 0 Å². The highest BCUT2D eigenvalue weighted by Crippen LogP contribution is 2.04. The monoisotopic (exact) mass is 257 g/mol. The summed E-state index contributed by atoms with van der Waals surface area (Å²) < 4.78 is 30.9. The molecule has 0 saturated heterocycles. The number of sulfonamides is 1. The van der Waals surface area contributed by atoms with Gasteiger partial charge in [0.25, 0.3) is 0 Å². The van der Waals surface area contributed by atoms with Crippen LogP contribution in [0.2, 0.25) is 0 Å². The lowest BCUT2D eigenvalue weighted by atomic mass is 10.2. The zero-order chi connectivity index (χ0) is 12.6. The van der Waals surface area contributed by atoms with Crippen molar-refractivity contribution in [2.24, 2.45) is 0 Å². The SMILES string of the molecule is COCCCCNS(=O)(=O)Cc1ccccc1. The van der Waals surface area contributed by atoms with E-state index in [2.05, 4.69) is 4.72 Å². The van der Waals surface area contributed by atoms with Crippen LogP contribution in [0.15, 0.2) is 30.3 Å². The largest absolute Gasteiger partial charge is 0.385 e. The first kappa shape index (κ1) is 14.2. The fourth-order valence-electron chi connectivity index (χ4n) is 1.44. The van der Waals surface area contributed by atoms with Gasteiger partial charge in [0, 0.05) is 20.3 Å². The molecule has 4 nitrogen and oxygen atoms in total. The second kappa shape index (κ2) is 7.42. The van der Waals surface area contributed by atoms with E-state index < -0.39 is 10.0 Å². The third-order valence-electron chi connectivity index (χ3n) is 2.30. The minimum absolute atomic E-state index is 0.0398. The molecule has 0 saturated carbocycles. The second-order valence-electron chi connectivity index (χ2n) is 3.84. The van der Waals surface area contributed by atoms with Crippen LogP contribution in [0, 0.1) is 0 Å². The molecule has 0 heterocycles. The van der Waals surface area contributed by atoms with Crippen molar-refractivity contribution in [3.8, 4) is 0 Å². The first-order valence-electron chi connectivity index (χ1n) is 5.64. The highest BCUT2D eigenvalue weighted by Gasteiger charge is 2.09. The van der Waals surface area contributed by atoms with Crippen LogP contribution in [-0.2, 0) is 20.5 Å². The third kappa shape index (κ3) is 6.41. The van der Waals surface area contributed by atoms with Gasteiger partial charge in [-0.2, -0.15) is 0 Å². The van der Waals surface area contributed by atoms with Crippen molar-refractivity contribution in [2.45, 2.75) is 18.6 Å². The van der Waals surface area contributed by atoms with Crippen molar-refractivity contribution in [1.29, 1.82) is 0 Å². The lowest BCUT2D eigenvalue weighted by Crippen LogP contribution is -2.26. The summed E-state index contributed by atoms with van der Waals surface area (Å²) in [5.41, 5.74) is 0.803.